The molecule has 0 saturated carbocycles. The Labute approximate surface area is 122 Å². The molecule has 0 spiro atoms. The van der Waals surface area contributed by atoms with Crippen LogP contribution in [0.2, 0.25) is 0 Å². The van der Waals surface area contributed by atoms with Gasteiger partial charge >= 0.3 is 0 Å². The first kappa shape index (κ1) is 14.6. The summed E-state index contributed by atoms with van der Waals surface area (Å²) in [6.45, 7) is 6.15. The van der Waals surface area contributed by atoms with E-state index in [4.69, 9.17) is 16.7 Å². The van der Waals surface area contributed by atoms with Crippen molar-refractivity contribution in [3.05, 3.63) is 10.4 Å². The van der Waals surface area contributed by atoms with Gasteiger partial charge in [0.25, 0.3) is 5.91 Å². The number of carbonyl (C=O) groups excluding carboxylic acids is 1. The first-order valence-corrected chi connectivity index (χ1v) is 7.46. The van der Waals surface area contributed by atoms with Gasteiger partial charge in [-0.1, -0.05) is 6.92 Å². The molecule has 0 aromatic carbocycles. The highest BCUT2D eigenvalue weighted by atomic mass is 32.1. The molecule has 0 aliphatic carbocycles. The molecule has 6 nitrogen and oxygen atoms in total. The fourth-order valence-electron chi connectivity index (χ4n) is 2.50. The van der Waals surface area contributed by atoms with Crippen molar-refractivity contribution in [2.24, 2.45) is 11.7 Å². The van der Waals surface area contributed by atoms with Crippen LogP contribution in [0, 0.1) is 17.2 Å². The van der Waals surface area contributed by atoms with Gasteiger partial charge in [-0.3, -0.25) is 4.79 Å². The standard InChI is InChI=1S/C13H19N5OS/c1-2-18-4-3-8(7-18)6-17-13-10(12(16)19)11(15)9(5-14)20-13/h8,17H,2-4,6-7,15H2,1H3,(H2,16,19). The number of thiophene rings is 1. The van der Waals surface area contributed by atoms with Crippen LogP contribution in [0.3, 0.4) is 0 Å². The monoisotopic (exact) mass is 293 g/mol. The van der Waals surface area contributed by atoms with Gasteiger partial charge in [0.1, 0.15) is 15.9 Å². The molecule has 2 heterocycles. The molecule has 0 bridgehead atoms. The maximum Gasteiger partial charge on any atom is 0.253 e. The molecule has 1 aromatic rings. The van der Waals surface area contributed by atoms with E-state index < -0.39 is 5.91 Å². The fraction of sp³-hybridized carbons (Fsp3) is 0.538. The minimum absolute atomic E-state index is 0.189. The van der Waals surface area contributed by atoms with E-state index in [1.165, 1.54) is 11.3 Å². The van der Waals surface area contributed by atoms with Crippen molar-refractivity contribution in [1.29, 1.82) is 5.26 Å². The summed E-state index contributed by atoms with van der Waals surface area (Å²) >= 11 is 1.19. The lowest BCUT2D eigenvalue weighted by Gasteiger charge is -2.14. The normalized spacial score (nSPS) is 18.9. The number of primary amides is 1. The van der Waals surface area contributed by atoms with Gasteiger partial charge in [0.15, 0.2) is 0 Å². The zero-order valence-electron chi connectivity index (χ0n) is 11.5. The Hall–Kier alpha value is -1.78. The number of likely N-dealkylation sites (tertiary alicyclic amines) is 1. The van der Waals surface area contributed by atoms with Crippen LogP contribution in [0.15, 0.2) is 0 Å². The van der Waals surface area contributed by atoms with E-state index in [-0.39, 0.29) is 11.3 Å². The minimum atomic E-state index is -0.593. The van der Waals surface area contributed by atoms with Gasteiger partial charge < -0.3 is 21.7 Å². The molecular formula is C13H19N5OS. The van der Waals surface area contributed by atoms with Crippen molar-refractivity contribution in [1.82, 2.24) is 4.90 Å². The molecule has 1 unspecified atom stereocenters. The summed E-state index contributed by atoms with van der Waals surface area (Å²) in [5.41, 5.74) is 11.6. The van der Waals surface area contributed by atoms with Crippen LogP contribution in [0.5, 0.6) is 0 Å². The van der Waals surface area contributed by atoms with Gasteiger partial charge in [-0.15, -0.1) is 11.3 Å². The lowest BCUT2D eigenvalue weighted by Crippen LogP contribution is -2.23. The largest absolute Gasteiger partial charge is 0.396 e. The van der Waals surface area contributed by atoms with Crippen LogP contribution >= 0.6 is 11.3 Å². The maximum atomic E-state index is 11.5. The van der Waals surface area contributed by atoms with Crippen molar-refractivity contribution >= 4 is 27.9 Å². The average molecular weight is 293 g/mol. The number of rotatable bonds is 5. The van der Waals surface area contributed by atoms with Crippen LogP contribution < -0.4 is 16.8 Å². The summed E-state index contributed by atoms with van der Waals surface area (Å²) in [6, 6.07) is 1.99. The van der Waals surface area contributed by atoms with Gasteiger partial charge in [-0.05, 0) is 25.4 Å². The topological polar surface area (TPSA) is 108 Å². The predicted molar refractivity (Wildman–Crippen MR) is 80.7 cm³/mol. The van der Waals surface area contributed by atoms with Gasteiger partial charge in [-0.2, -0.15) is 5.26 Å². The maximum absolute atomic E-state index is 11.5. The summed E-state index contributed by atoms with van der Waals surface area (Å²) in [5, 5.41) is 12.8. The zero-order chi connectivity index (χ0) is 14.7. The SMILES string of the molecule is CCN1CCC(CNc2sc(C#N)c(N)c2C(N)=O)C1. The second-order valence-electron chi connectivity index (χ2n) is 4.95. The molecular weight excluding hydrogens is 274 g/mol. The number of nitrogens with zero attached hydrogens (tertiary/aromatic N) is 2. The van der Waals surface area contributed by atoms with Crippen molar-refractivity contribution in [2.45, 2.75) is 13.3 Å². The number of amides is 1. The Morgan fingerprint density at radius 2 is 2.40 bits per heavy atom. The van der Waals surface area contributed by atoms with Crippen LogP contribution in [0.25, 0.3) is 0 Å². The number of hydrogen-bond acceptors (Lipinski definition) is 6. The fourth-order valence-corrected chi connectivity index (χ4v) is 3.43. The number of nitrogens with one attached hydrogen (secondary N) is 1. The van der Waals surface area contributed by atoms with E-state index in [9.17, 15) is 4.79 Å². The van der Waals surface area contributed by atoms with Crippen molar-refractivity contribution in [2.75, 3.05) is 37.2 Å². The molecule has 0 radical (unpaired) electrons. The predicted octanol–water partition coefficient (Wildman–Crippen LogP) is 1.05. The Kier molecular flexibility index (Phi) is 4.47. The molecule has 7 heteroatoms. The Balaban J connectivity index is 2.06. The molecule has 1 aliphatic heterocycles. The third-order valence-electron chi connectivity index (χ3n) is 3.66. The molecule has 1 amide bonds. The third kappa shape index (κ3) is 2.86. The zero-order valence-corrected chi connectivity index (χ0v) is 12.3. The molecule has 20 heavy (non-hydrogen) atoms. The highest BCUT2D eigenvalue weighted by molar-refractivity contribution is 7.17. The molecule has 1 atom stereocenters. The van der Waals surface area contributed by atoms with E-state index in [1.54, 1.807) is 0 Å². The number of nitrogen functional groups attached to an aromatic ring is 1. The van der Waals surface area contributed by atoms with E-state index in [2.05, 4.69) is 17.1 Å². The summed E-state index contributed by atoms with van der Waals surface area (Å²) in [7, 11) is 0. The number of anilines is 2. The smallest absolute Gasteiger partial charge is 0.253 e. The van der Waals surface area contributed by atoms with E-state index in [1.807, 2.05) is 6.07 Å². The second kappa shape index (κ2) is 6.11. The molecule has 1 aromatic heterocycles. The summed E-state index contributed by atoms with van der Waals surface area (Å²) < 4.78 is 0. The Bertz CT molecular complexity index is 548. The molecule has 108 valence electrons. The highest BCUT2D eigenvalue weighted by Crippen LogP contribution is 2.35. The van der Waals surface area contributed by atoms with Crippen molar-refractivity contribution in [3.63, 3.8) is 0 Å². The summed E-state index contributed by atoms with van der Waals surface area (Å²) in [6.07, 6.45) is 1.14. The van der Waals surface area contributed by atoms with Crippen LogP contribution in [0.4, 0.5) is 10.7 Å². The third-order valence-corrected chi connectivity index (χ3v) is 4.73. The average Bonchev–Trinajstić information content (AvgIpc) is 3.00. The number of hydrogen-bond donors (Lipinski definition) is 3. The molecule has 2 rings (SSSR count). The van der Waals surface area contributed by atoms with Gasteiger partial charge in [0.2, 0.25) is 0 Å². The number of nitrogens with two attached hydrogens (primary N) is 2. The van der Waals surface area contributed by atoms with Gasteiger partial charge in [0.05, 0.1) is 11.3 Å². The molecule has 5 N–H and O–H groups in total. The summed E-state index contributed by atoms with van der Waals surface area (Å²) in [4.78, 5) is 14.2. The Morgan fingerprint density at radius 1 is 1.65 bits per heavy atom. The molecule has 1 fully saturated rings. The Morgan fingerprint density at radius 3 is 2.95 bits per heavy atom. The molecule has 1 aliphatic rings. The minimum Gasteiger partial charge on any atom is -0.396 e. The van der Waals surface area contributed by atoms with E-state index >= 15 is 0 Å². The van der Waals surface area contributed by atoms with Gasteiger partial charge in [-0.25, -0.2) is 0 Å². The van der Waals surface area contributed by atoms with Crippen LogP contribution in [-0.4, -0.2) is 37.0 Å². The van der Waals surface area contributed by atoms with Crippen molar-refractivity contribution < 1.29 is 4.79 Å². The lowest BCUT2D eigenvalue weighted by atomic mass is 10.1. The molecule has 1 saturated heterocycles. The number of nitriles is 1. The number of carbonyl (C=O) groups is 1. The van der Waals surface area contributed by atoms with E-state index in [0.29, 0.717) is 15.8 Å². The van der Waals surface area contributed by atoms with Gasteiger partial charge in [0, 0.05) is 13.1 Å². The quantitative estimate of drug-likeness (QED) is 0.752. The van der Waals surface area contributed by atoms with E-state index in [0.717, 1.165) is 32.6 Å². The van der Waals surface area contributed by atoms with Crippen LogP contribution in [0.1, 0.15) is 28.6 Å². The summed E-state index contributed by atoms with van der Waals surface area (Å²) in [5.74, 6) is -0.0473. The van der Waals surface area contributed by atoms with Crippen LogP contribution in [-0.2, 0) is 0 Å². The first-order valence-electron chi connectivity index (χ1n) is 6.65. The first-order chi connectivity index (χ1) is 9.56. The lowest BCUT2D eigenvalue weighted by molar-refractivity contribution is 0.100. The van der Waals surface area contributed by atoms with Crippen molar-refractivity contribution in [3.8, 4) is 6.07 Å². The highest BCUT2D eigenvalue weighted by Gasteiger charge is 2.24. The second-order valence-corrected chi connectivity index (χ2v) is 5.97.